The van der Waals surface area contributed by atoms with Crippen molar-refractivity contribution < 1.29 is 23.5 Å². The number of esters is 1. The molecule has 0 saturated carbocycles. The predicted molar refractivity (Wildman–Crippen MR) is 107 cm³/mol. The first-order chi connectivity index (χ1) is 13.4. The molecule has 0 fully saturated rings. The van der Waals surface area contributed by atoms with Crippen LogP contribution in [0.5, 0.6) is 5.75 Å². The van der Waals surface area contributed by atoms with E-state index < -0.39 is 5.97 Å². The minimum atomic E-state index is -0.431. The van der Waals surface area contributed by atoms with Crippen molar-refractivity contribution in [1.82, 2.24) is 0 Å². The van der Waals surface area contributed by atoms with E-state index in [1.165, 1.54) is 6.08 Å². The molecule has 28 heavy (non-hydrogen) atoms. The smallest absolute Gasteiger partial charge is 0.338 e. The molecular weight excluding hydrogens is 358 g/mol. The molecule has 1 amide bonds. The summed E-state index contributed by atoms with van der Waals surface area (Å²) in [4.78, 5) is 24.1. The largest absolute Gasteiger partial charge is 0.497 e. The normalized spacial score (nSPS) is 11.1. The van der Waals surface area contributed by atoms with Crippen LogP contribution in [-0.4, -0.2) is 25.1 Å². The lowest BCUT2D eigenvalue weighted by Gasteiger charge is -2.09. The lowest BCUT2D eigenvalue weighted by atomic mass is 10.2. The summed E-state index contributed by atoms with van der Waals surface area (Å²) in [6.07, 6.45) is 2.74. The zero-order valence-electron chi connectivity index (χ0n) is 15.9. The highest BCUT2D eigenvalue weighted by Crippen LogP contribution is 2.24. The van der Waals surface area contributed by atoms with E-state index in [1.807, 2.05) is 24.3 Å². The van der Waals surface area contributed by atoms with Gasteiger partial charge in [0.1, 0.15) is 17.1 Å². The van der Waals surface area contributed by atoms with E-state index in [1.54, 1.807) is 51.3 Å². The molecule has 1 N–H and O–H groups in total. The molecule has 0 atom stereocenters. The van der Waals surface area contributed by atoms with Crippen molar-refractivity contribution in [1.29, 1.82) is 0 Å². The van der Waals surface area contributed by atoms with Crippen LogP contribution in [0.25, 0.3) is 17.0 Å². The lowest BCUT2D eigenvalue weighted by Crippen LogP contribution is -2.13. The summed E-state index contributed by atoms with van der Waals surface area (Å²) in [6.45, 7) is 3.56. The van der Waals surface area contributed by atoms with Crippen molar-refractivity contribution in [2.75, 3.05) is 12.4 Å². The maximum Gasteiger partial charge on any atom is 0.338 e. The van der Waals surface area contributed by atoms with E-state index in [0.717, 1.165) is 11.1 Å². The van der Waals surface area contributed by atoms with E-state index in [2.05, 4.69) is 5.32 Å². The van der Waals surface area contributed by atoms with Gasteiger partial charge in [-0.25, -0.2) is 4.79 Å². The third-order valence-electron chi connectivity index (χ3n) is 3.85. The summed E-state index contributed by atoms with van der Waals surface area (Å²) in [5, 5.41) is 3.60. The first-order valence-electron chi connectivity index (χ1n) is 8.82. The summed E-state index contributed by atoms with van der Waals surface area (Å²) in [5.41, 5.74) is 1.58. The van der Waals surface area contributed by atoms with Gasteiger partial charge in [0.25, 0.3) is 0 Å². The Balaban J connectivity index is 1.67. The second-order valence-electron chi connectivity index (χ2n) is 6.41. The molecule has 144 valence electrons. The van der Waals surface area contributed by atoms with Crippen molar-refractivity contribution in [2.24, 2.45) is 0 Å². The number of rotatable bonds is 6. The third kappa shape index (κ3) is 4.79. The van der Waals surface area contributed by atoms with Crippen molar-refractivity contribution in [3.8, 4) is 5.75 Å². The van der Waals surface area contributed by atoms with Gasteiger partial charge in [0.2, 0.25) is 5.91 Å². The molecule has 3 aromatic rings. The Morgan fingerprint density at radius 1 is 1.11 bits per heavy atom. The minimum absolute atomic E-state index is 0.211. The summed E-state index contributed by atoms with van der Waals surface area (Å²) < 4.78 is 16.0. The predicted octanol–water partition coefficient (Wildman–Crippen LogP) is 4.66. The van der Waals surface area contributed by atoms with E-state index in [9.17, 15) is 9.59 Å². The third-order valence-corrected chi connectivity index (χ3v) is 3.85. The van der Waals surface area contributed by atoms with Gasteiger partial charge in [-0.3, -0.25) is 4.79 Å². The number of hydrogen-bond donors (Lipinski definition) is 1. The molecule has 2 aromatic carbocycles. The van der Waals surface area contributed by atoms with Gasteiger partial charge < -0.3 is 19.2 Å². The molecule has 0 radical (unpaired) electrons. The maximum absolute atomic E-state index is 12.2. The number of benzene rings is 2. The van der Waals surface area contributed by atoms with Crippen molar-refractivity contribution >= 4 is 34.6 Å². The Morgan fingerprint density at radius 2 is 1.93 bits per heavy atom. The molecule has 6 heteroatoms. The summed E-state index contributed by atoms with van der Waals surface area (Å²) in [5.74, 6) is 0.511. The van der Waals surface area contributed by atoms with Crippen LogP contribution in [0.4, 0.5) is 5.69 Å². The van der Waals surface area contributed by atoms with Crippen molar-refractivity contribution in [2.45, 2.75) is 20.0 Å². The number of anilines is 1. The van der Waals surface area contributed by atoms with Gasteiger partial charge in [0, 0.05) is 17.1 Å². The Bertz CT molecular complexity index is 1030. The van der Waals surface area contributed by atoms with Crippen molar-refractivity contribution in [3.05, 3.63) is 65.9 Å². The monoisotopic (exact) mass is 379 g/mol. The van der Waals surface area contributed by atoms with Gasteiger partial charge >= 0.3 is 5.97 Å². The van der Waals surface area contributed by atoms with Gasteiger partial charge in [-0.15, -0.1) is 0 Å². The number of ether oxygens (including phenoxy) is 2. The number of fused-ring (bicyclic) bond motifs is 1. The van der Waals surface area contributed by atoms with Gasteiger partial charge in [0.05, 0.1) is 18.8 Å². The first kappa shape index (κ1) is 19.2. The van der Waals surface area contributed by atoms with Gasteiger partial charge in [0.15, 0.2) is 0 Å². The van der Waals surface area contributed by atoms with Crippen LogP contribution in [-0.2, 0) is 9.53 Å². The highest BCUT2D eigenvalue weighted by molar-refractivity contribution is 6.02. The van der Waals surface area contributed by atoms with Crippen LogP contribution >= 0.6 is 0 Å². The molecule has 3 rings (SSSR count). The Kier molecular flexibility index (Phi) is 5.79. The van der Waals surface area contributed by atoms with Crippen LogP contribution in [0.1, 0.15) is 30.0 Å². The van der Waals surface area contributed by atoms with Crippen LogP contribution in [0, 0.1) is 0 Å². The number of amides is 1. The van der Waals surface area contributed by atoms with Gasteiger partial charge in [-0.05, 0) is 62.4 Å². The number of furan rings is 1. The van der Waals surface area contributed by atoms with Gasteiger partial charge in [-0.1, -0.05) is 6.07 Å². The molecule has 0 spiro atoms. The fourth-order valence-corrected chi connectivity index (χ4v) is 2.60. The number of carbonyl (C=O) groups excluding carboxylic acids is 2. The fraction of sp³-hybridized carbons (Fsp3) is 0.182. The zero-order valence-corrected chi connectivity index (χ0v) is 15.9. The summed E-state index contributed by atoms with van der Waals surface area (Å²) >= 11 is 0. The molecule has 1 aromatic heterocycles. The van der Waals surface area contributed by atoms with Crippen LogP contribution < -0.4 is 10.1 Å². The second-order valence-corrected chi connectivity index (χ2v) is 6.41. The van der Waals surface area contributed by atoms with Crippen LogP contribution in [0.3, 0.4) is 0 Å². The number of nitrogens with one attached hydrogen (secondary N) is 1. The van der Waals surface area contributed by atoms with E-state index >= 15 is 0 Å². The van der Waals surface area contributed by atoms with Crippen LogP contribution in [0.15, 0.2) is 59.0 Å². The molecular formula is C22H21NO5. The Labute approximate surface area is 162 Å². The second kappa shape index (κ2) is 8.43. The van der Waals surface area contributed by atoms with Crippen molar-refractivity contribution in [3.63, 3.8) is 0 Å². The van der Waals surface area contributed by atoms with E-state index in [0.29, 0.717) is 22.6 Å². The Hall–Kier alpha value is -3.54. The molecule has 0 saturated heterocycles. The maximum atomic E-state index is 12.2. The summed E-state index contributed by atoms with van der Waals surface area (Å²) in [7, 11) is 1.60. The Morgan fingerprint density at radius 3 is 2.68 bits per heavy atom. The molecule has 6 nitrogen and oxygen atoms in total. The molecule has 0 aliphatic carbocycles. The average Bonchev–Trinajstić information content (AvgIpc) is 3.08. The SMILES string of the molecule is COc1ccc2oc(C=CC(=O)Nc3cccc(C(=O)OC(C)C)c3)cc2c1. The molecule has 0 aliphatic rings. The fourth-order valence-electron chi connectivity index (χ4n) is 2.60. The highest BCUT2D eigenvalue weighted by Gasteiger charge is 2.10. The van der Waals surface area contributed by atoms with E-state index in [4.69, 9.17) is 13.9 Å². The molecule has 0 aliphatic heterocycles. The first-order valence-corrected chi connectivity index (χ1v) is 8.82. The quantitative estimate of drug-likeness (QED) is 0.498. The number of carbonyl (C=O) groups is 2. The number of hydrogen-bond acceptors (Lipinski definition) is 5. The lowest BCUT2D eigenvalue weighted by molar-refractivity contribution is -0.111. The van der Waals surface area contributed by atoms with E-state index in [-0.39, 0.29) is 12.0 Å². The minimum Gasteiger partial charge on any atom is -0.497 e. The average molecular weight is 379 g/mol. The molecule has 1 heterocycles. The van der Waals surface area contributed by atoms with Crippen LogP contribution in [0.2, 0.25) is 0 Å². The summed E-state index contributed by atoms with van der Waals surface area (Å²) in [6, 6.07) is 13.9. The number of methoxy groups -OCH3 is 1. The molecule has 0 bridgehead atoms. The topological polar surface area (TPSA) is 77.8 Å². The zero-order chi connectivity index (χ0) is 20.1. The molecule has 0 unspecified atom stereocenters. The van der Waals surface area contributed by atoms with Gasteiger partial charge in [-0.2, -0.15) is 0 Å². The standard InChI is InChI=1S/C22H21NO5/c1-14(2)27-22(25)15-5-4-6-17(11-15)23-21(24)10-8-19-13-16-12-18(26-3)7-9-20(16)28-19/h4-14H,1-3H3,(H,23,24). The highest BCUT2D eigenvalue weighted by atomic mass is 16.5.